The van der Waals surface area contributed by atoms with Gasteiger partial charge in [0.2, 0.25) is 0 Å². The lowest BCUT2D eigenvalue weighted by Crippen LogP contribution is -2.27. The van der Waals surface area contributed by atoms with Crippen LogP contribution in [0.25, 0.3) is 0 Å². The third kappa shape index (κ3) is 5.45. The summed E-state index contributed by atoms with van der Waals surface area (Å²) in [5.41, 5.74) is 0.914. The van der Waals surface area contributed by atoms with Gasteiger partial charge in [-0.25, -0.2) is 13.4 Å². The summed E-state index contributed by atoms with van der Waals surface area (Å²) in [6, 6.07) is 12.5. The van der Waals surface area contributed by atoms with Crippen molar-refractivity contribution in [3.63, 3.8) is 0 Å². The molecule has 32 heavy (non-hydrogen) atoms. The van der Waals surface area contributed by atoms with Gasteiger partial charge in [0.15, 0.2) is 5.13 Å². The number of hydrogen-bond acceptors (Lipinski definition) is 7. The molecule has 8 nitrogen and oxygen atoms in total. The number of aromatic nitrogens is 1. The Morgan fingerprint density at radius 3 is 2.59 bits per heavy atom. The smallest absolute Gasteiger partial charge is 0.311 e. The van der Waals surface area contributed by atoms with Crippen LogP contribution in [0.5, 0.6) is 0 Å². The van der Waals surface area contributed by atoms with E-state index in [9.17, 15) is 18.0 Å². The largest absolute Gasteiger partial charge is 0.466 e. The van der Waals surface area contributed by atoms with Crippen molar-refractivity contribution < 1.29 is 22.7 Å². The number of amides is 1. The Bertz CT molecular complexity index is 1230. The van der Waals surface area contributed by atoms with E-state index in [0.717, 1.165) is 15.6 Å². The van der Waals surface area contributed by atoms with E-state index in [-0.39, 0.29) is 33.6 Å². The number of halogens is 1. The summed E-state index contributed by atoms with van der Waals surface area (Å²) in [5.74, 6) is -1.04. The number of esters is 1. The first-order chi connectivity index (χ1) is 15.2. The molecule has 0 unspecified atom stereocenters. The Morgan fingerprint density at radius 2 is 1.91 bits per heavy atom. The number of nitrogens with zero attached hydrogens (tertiary/aromatic N) is 2. The maximum absolute atomic E-state index is 13.0. The number of rotatable bonds is 8. The number of anilines is 2. The van der Waals surface area contributed by atoms with Crippen molar-refractivity contribution >= 4 is 55.7 Å². The first-order valence-corrected chi connectivity index (χ1v) is 12.2. The minimum absolute atomic E-state index is 0.0134. The zero-order valence-electron chi connectivity index (χ0n) is 17.2. The van der Waals surface area contributed by atoms with Gasteiger partial charge in [0.05, 0.1) is 39.9 Å². The molecule has 2 aromatic carbocycles. The number of sulfonamides is 1. The molecule has 3 rings (SSSR count). The maximum Gasteiger partial charge on any atom is 0.311 e. The van der Waals surface area contributed by atoms with E-state index >= 15 is 0 Å². The van der Waals surface area contributed by atoms with Crippen molar-refractivity contribution in [3.8, 4) is 0 Å². The Balaban J connectivity index is 1.80. The molecule has 0 aliphatic carbocycles. The zero-order chi connectivity index (χ0) is 23.3. The summed E-state index contributed by atoms with van der Waals surface area (Å²) in [4.78, 5) is 28.4. The van der Waals surface area contributed by atoms with E-state index in [4.69, 9.17) is 16.3 Å². The van der Waals surface area contributed by atoms with E-state index in [1.54, 1.807) is 42.6 Å². The lowest BCUT2D eigenvalue weighted by Gasteiger charge is -2.20. The van der Waals surface area contributed by atoms with Crippen molar-refractivity contribution in [3.05, 3.63) is 70.2 Å². The van der Waals surface area contributed by atoms with Gasteiger partial charge < -0.3 is 4.74 Å². The van der Waals surface area contributed by atoms with Crippen molar-refractivity contribution in [2.75, 3.05) is 23.3 Å². The first kappa shape index (κ1) is 23.7. The van der Waals surface area contributed by atoms with E-state index < -0.39 is 21.9 Å². The zero-order valence-corrected chi connectivity index (χ0v) is 19.6. The molecule has 0 fully saturated rings. The van der Waals surface area contributed by atoms with Crippen molar-refractivity contribution in [2.45, 2.75) is 18.2 Å². The topological polar surface area (TPSA) is 106 Å². The molecule has 0 radical (unpaired) electrons. The van der Waals surface area contributed by atoms with Crippen LogP contribution < -0.4 is 9.62 Å². The molecule has 0 bridgehead atoms. The van der Waals surface area contributed by atoms with Crippen LogP contribution in [-0.4, -0.2) is 38.9 Å². The average molecular weight is 494 g/mol. The molecule has 0 aliphatic heterocycles. The van der Waals surface area contributed by atoms with Crippen LogP contribution in [-0.2, 0) is 26.0 Å². The first-order valence-electron chi connectivity index (χ1n) is 9.47. The standard InChI is InChI=1S/C21H20ClN3O5S2/c1-3-30-19(26)11-14-13-31-21(23-14)24-20(27)17-12-16(9-10-18(17)22)32(28,29)25(2)15-7-5-4-6-8-15/h4-10,12-13H,3,11H2,1-2H3,(H,23,24,27). The second-order valence-corrected chi connectivity index (χ2v) is 9.76. The predicted molar refractivity (Wildman–Crippen MR) is 124 cm³/mol. The van der Waals surface area contributed by atoms with Gasteiger partial charge in [-0.1, -0.05) is 29.8 Å². The number of thiazole rings is 1. The van der Waals surface area contributed by atoms with Gasteiger partial charge in [0, 0.05) is 12.4 Å². The van der Waals surface area contributed by atoms with Crippen LogP contribution >= 0.6 is 22.9 Å². The highest BCUT2D eigenvalue weighted by Gasteiger charge is 2.24. The fourth-order valence-electron chi connectivity index (χ4n) is 2.74. The molecule has 0 aliphatic rings. The summed E-state index contributed by atoms with van der Waals surface area (Å²) in [6.07, 6.45) is -0.0134. The van der Waals surface area contributed by atoms with Gasteiger partial charge in [0.25, 0.3) is 15.9 Å². The number of para-hydroxylation sites is 1. The summed E-state index contributed by atoms with van der Waals surface area (Å²) in [7, 11) is -2.49. The number of benzene rings is 2. The van der Waals surface area contributed by atoms with Gasteiger partial charge in [-0.3, -0.25) is 19.2 Å². The third-order valence-corrected chi connectivity index (χ3v) is 7.28. The second-order valence-electron chi connectivity index (χ2n) is 6.53. The summed E-state index contributed by atoms with van der Waals surface area (Å²) in [5, 5.41) is 4.56. The molecule has 0 atom stereocenters. The van der Waals surface area contributed by atoms with Crippen LogP contribution in [0, 0.1) is 0 Å². The van der Waals surface area contributed by atoms with Crippen molar-refractivity contribution in [1.82, 2.24) is 4.98 Å². The molecule has 1 heterocycles. The highest BCUT2D eigenvalue weighted by atomic mass is 35.5. The lowest BCUT2D eigenvalue weighted by atomic mass is 10.2. The van der Waals surface area contributed by atoms with Gasteiger partial charge >= 0.3 is 5.97 Å². The number of ether oxygens (including phenoxy) is 1. The van der Waals surface area contributed by atoms with Crippen LogP contribution in [0.4, 0.5) is 10.8 Å². The van der Waals surface area contributed by atoms with Gasteiger partial charge in [-0.15, -0.1) is 11.3 Å². The minimum atomic E-state index is -3.92. The van der Waals surface area contributed by atoms with Gasteiger partial charge in [-0.2, -0.15) is 0 Å². The van der Waals surface area contributed by atoms with Crippen molar-refractivity contribution in [1.29, 1.82) is 0 Å². The Kier molecular flexibility index (Phi) is 7.49. The Morgan fingerprint density at radius 1 is 1.19 bits per heavy atom. The third-order valence-electron chi connectivity index (χ3n) is 4.36. The number of hydrogen-bond donors (Lipinski definition) is 1. The van der Waals surface area contributed by atoms with E-state index in [0.29, 0.717) is 11.4 Å². The van der Waals surface area contributed by atoms with E-state index in [2.05, 4.69) is 10.3 Å². The Hall–Kier alpha value is -2.95. The molecule has 11 heteroatoms. The fraction of sp³-hybridized carbons (Fsp3) is 0.190. The average Bonchev–Trinajstić information content (AvgIpc) is 3.20. The van der Waals surface area contributed by atoms with Crippen LogP contribution in [0.2, 0.25) is 5.02 Å². The van der Waals surface area contributed by atoms with Gasteiger partial charge in [-0.05, 0) is 37.3 Å². The van der Waals surface area contributed by atoms with Gasteiger partial charge in [0.1, 0.15) is 0 Å². The summed E-state index contributed by atoms with van der Waals surface area (Å²) in [6.45, 7) is 1.98. The predicted octanol–water partition coefficient (Wildman–Crippen LogP) is 3.98. The normalized spacial score (nSPS) is 11.1. The lowest BCUT2D eigenvalue weighted by molar-refractivity contribution is -0.142. The molecule has 168 valence electrons. The molecular weight excluding hydrogens is 474 g/mol. The minimum Gasteiger partial charge on any atom is -0.466 e. The van der Waals surface area contributed by atoms with E-state index in [1.165, 1.54) is 25.2 Å². The van der Waals surface area contributed by atoms with Crippen LogP contribution in [0.3, 0.4) is 0 Å². The fourth-order valence-corrected chi connectivity index (χ4v) is 4.87. The summed E-state index contributed by atoms with van der Waals surface area (Å²) >= 11 is 7.30. The quantitative estimate of drug-likeness (QED) is 0.476. The molecule has 0 saturated heterocycles. The molecular formula is C21H20ClN3O5S2. The molecule has 0 spiro atoms. The monoisotopic (exact) mass is 493 g/mol. The number of carbonyl (C=O) groups excluding carboxylic acids is 2. The molecule has 1 N–H and O–H groups in total. The highest BCUT2D eigenvalue weighted by molar-refractivity contribution is 7.92. The number of carbonyl (C=O) groups is 2. The molecule has 0 saturated carbocycles. The Labute approximate surface area is 194 Å². The second kappa shape index (κ2) is 10.1. The highest BCUT2D eigenvalue weighted by Crippen LogP contribution is 2.27. The van der Waals surface area contributed by atoms with Crippen LogP contribution in [0.15, 0.2) is 58.8 Å². The SMILES string of the molecule is CCOC(=O)Cc1csc(NC(=O)c2cc(S(=O)(=O)N(C)c3ccccc3)ccc2Cl)n1. The van der Waals surface area contributed by atoms with E-state index in [1.807, 2.05) is 0 Å². The van der Waals surface area contributed by atoms with Crippen LogP contribution in [0.1, 0.15) is 23.0 Å². The van der Waals surface area contributed by atoms with Crippen molar-refractivity contribution in [2.24, 2.45) is 0 Å². The summed E-state index contributed by atoms with van der Waals surface area (Å²) < 4.78 is 32.1. The maximum atomic E-state index is 13.0. The molecule has 1 amide bonds. The molecule has 3 aromatic rings. The molecule has 1 aromatic heterocycles. The number of nitrogens with one attached hydrogen (secondary N) is 1.